The van der Waals surface area contributed by atoms with Gasteiger partial charge in [0.1, 0.15) is 23.1 Å². The van der Waals surface area contributed by atoms with Crippen molar-refractivity contribution in [3.05, 3.63) is 58.6 Å². The minimum absolute atomic E-state index is 0.0996. The van der Waals surface area contributed by atoms with Crippen LogP contribution in [0.5, 0.6) is 11.5 Å². The van der Waals surface area contributed by atoms with E-state index < -0.39 is 11.6 Å². The Balaban J connectivity index is 2.28. The third-order valence-electron chi connectivity index (χ3n) is 2.66. The lowest BCUT2D eigenvalue weighted by atomic mass is 10.2. The quantitative estimate of drug-likeness (QED) is 0.876. The number of benzene rings is 2. The van der Waals surface area contributed by atoms with Crippen molar-refractivity contribution in [3.63, 3.8) is 0 Å². The average molecular weight is 298 g/mol. The average Bonchev–Trinajstić information content (AvgIpc) is 2.36. The molecule has 0 saturated heterocycles. The third kappa shape index (κ3) is 3.92. The van der Waals surface area contributed by atoms with Crippen LogP contribution in [0, 0.1) is 11.6 Å². The third-order valence-corrected chi connectivity index (χ3v) is 2.89. The van der Waals surface area contributed by atoms with Crippen molar-refractivity contribution in [2.24, 2.45) is 0 Å². The van der Waals surface area contributed by atoms with Crippen molar-refractivity contribution in [2.75, 3.05) is 6.54 Å². The summed E-state index contributed by atoms with van der Waals surface area (Å²) in [5, 5.41) is 3.66. The van der Waals surface area contributed by atoms with E-state index in [1.54, 1.807) is 12.1 Å². The van der Waals surface area contributed by atoms with Crippen LogP contribution in [-0.2, 0) is 6.54 Å². The van der Waals surface area contributed by atoms with Crippen LogP contribution in [-0.4, -0.2) is 6.54 Å². The van der Waals surface area contributed by atoms with E-state index in [0.717, 1.165) is 30.3 Å². The van der Waals surface area contributed by atoms with Gasteiger partial charge in [-0.2, -0.15) is 0 Å². The fourth-order valence-electron chi connectivity index (χ4n) is 1.74. The molecule has 2 nitrogen and oxygen atoms in total. The normalized spacial score (nSPS) is 10.6. The van der Waals surface area contributed by atoms with Gasteiger partial charge in [0.25, 0.3) is 0 Å². The molecule has 0 radical (unpaired) electrons. The molecule has 0 aliphatic heterocycles. The van der Waals surface area contributed by atoms with E-state index in [-0.39, 0.29) is 5.75 Å². The Morgan fingerprint density at radius 2 is 1.80 bits per heavy atom. The molecule has 0 bridgehead atoms. The molecular weight excluding hydrogens is 284 g/mol. The van der Waals surface area contributed by atoms with E-state index in [0.29, 0.717) is 17.3 Å². The van der Waals surface area contributed by atoms with Crippen molar-refractivity contribution in [1.29, 1.82) is 0 Å². The highest BCUT2D eigenvalue weighted by molar-refractivity contribution is 6.30. The molecule has 0 saturated carbocycles. The second-order valence-electron chi connectivity index (χ2n) is 4.24. The fourth-order valence-corrected chi connectivity index (χ4v) is 1.91. The zero-order valence-electron chi connectivity index (χ0n) is 10.9. The molecule has 0 heterocycles. The lowest BCUT2D eigenvalue weighted by Gasteiger charge is -2.12. The van der Waals surface area contributed by atoms with Gasteiger partial charge in [-0.15, -0.1) is 0 Å². The maximum absolute atomic E-state index is 13.2. The number of nitrogens with one attached hydrogen (secondary N) is 1. The Morgan fingerprint density at radius 3 is 2.45 bits per heavy atom. The predicted molar refractivity (Wildman–Crippen MR) is 75.3 cm³/mol. The summed E-state index contributed by atoms with van der Waals surface area (Å²) >= 11 is 5.93. The van der Waals surface area contributed by atoms with Gasteiger partial charge < -0.3 is 10.1 Å². The zero-order valence-corrected chi connectivity index (χ0v) is 11.7. The Kier molecular flexibility index (Phi) is 4.93. The molecule has 5 heteroatoms. The minimum Gasteiger partial charge on any atom is -0.457 e. The zero-order chi connectivity index (χ0) is 14.5. The Labute approximate surface area is 121 Å². The van der Waals surface area contributed by atoms with Gasteiger partial charge >= 0.3 is 0 Å². The topological polar surface area (TPSA) is 21.3 Å². The summed E-state index contributed by atoms with van der Waals surface area (Å²) in [6.07, 6.45) is 0. The first-order chi connectivity index (χ1) is 9.58. The molecule has 1 N–H and O–H groups in total. The fraction of sp³-hybridized carbons (Fsp3) is 0.200. The summed E-state index contributed by atoms with van der Waals surface area (Å²) < 4.78 is 31.9. The predicted octanol–water partition coefficient (Wildman–Crippen LogP) is 4.52. The molecule has 0 amide bonds. The minimum atomic E-state index is -0.685. The van der Waals surface area contributed by atoms with Crippen molar-refractivity contribution in [3.8, 4) is 11.5 Å². The highest BCUT2D eigenvalue weighted by atomic mass is 35.5. The van der Waals surface area contributed by atoms with Crippen molar-refractivity contribution in [1.82, 2.24) is 5.32 Å². The molecule has 0 aliphatic carbocycles. The van der Waals surface area contributed by atoms with Crippen molar-refractivity contribution >= 4 is 11.6 Å². The molecule has 2 rings (SSSR count). The van der Waals surface area contributed by atoms with Crippen molar-refractivity contribution in [2.45, 2.75) is 13.5 Å². The number of rotatable bonds is 5. The van der Waals surface area contributed by atoms with Crippen LogP contribution in [0.1, 0.15) is 12.5 Å². The molecule has 0 unspecified atom stereocenters. The van der Waals surface area contributed by atoms with Crippen molar-refractivity contribution < 1.29 is 13.5 Å². The molecule has 106 valence electrons. The van der Waals surface area contributed by atoms with E-state index >= 15 is 0 Å². The van der Waals surface area contributed by atoms with Crippen LogP contribution in [0.3, 0.4) is 0 Å². The second-order valence-corrected chi connectivity index (χ2v) is 4.68. The summed E-state index contributed by atoms with van der Waals surface area (Å²) in [7, 11) is 0. The molecule has 20 heavy (non-hydrogen) atoms. The van der Waals surface area contributed by atoms with Gasteiger partial charge in [0.2, 0.25) is 0 Å². The molecule has 0 aromatic heterocycles. The maximum Gasteiger partial charge on any atom is 0.133 e. The summed E-state index contributed by atoms with van der Waals surface area (Å²) in [5.41, 5.74) is 0.862. The van der Waals surface area contributed by atoms with Gasteiger partial charge in [0, 0.05) is 35.3 Å². The number of ether oxygens (including phenoxy) is 1. The number of hydrogen-bond donors (Lipinski definition) is 1. The van der Waals surface area contributed by atoms with Crippen LogP contribution in [0.25, 0.3) is 0 Å². The number of hydrogen-bond acceptors (Lipinski definition) is 2. The first-order valence-corrected chi connectivity index (χ1v) is 6.59. The van der Waals surface area contributed by atoms with Crippen LogP contribution >= 0.6 is 11.6 Å². The lowest BCUT2D eigenvalue weighted by molar-refractivity contribution is 0.460. The molecule has 0 aliphatic rings. The standard InChI is InChI=1S/C15H14ClF2NO/c1-2-19-9-10-3-4-11(16)5-15(10)20-14-7-12(17)6-13(18)8-14/h3-8,19H,2,9H2,1H3. The maximum atomic E-state index is 13.2. The van der Waals surface area contributed by atoms with E-state index in [1.807, 2.05) is 13.0 Å². The molecule has 2 aromatic carbocycles. The largest absolute Gasteiger partial charge is 0.457 e. The summed E-state index contributed by atoms with van der Waals surface area (Å²) in [6, 6.07) is 8.23. The second kappa shape index (κ2) is 6.68. The Morgan fingerprint density at radius 1 is 1.10 bits per heavy atom. The van der Waals surface area contributed by atoms with Crippen LogP contribution in [0.4, 0.5) is 8.78 Å². The lowest BCUT2D eigenvalue weighted by Crippen LogP contribution is -2.12. The Hall–Kier alpha value is -1.65. The van der Waals surface area contributed by atoms with Gasteiger partial charge in [-0.3, -0.25) is 0 Å². The van der Waals surface area contributed by atoms with Gasteiger partial charge in [0.15, 0.2) is 0 Å². The van der Waals surface area contributed by atoms with Gasteiger partial charge in [-0.1, -0.05) is 24.6 Å². The molecular formula is C15H14ClF2NO. The van der Waals surface area contributed by atoms with Crippen LogP contribution in [0.2, 0.25) is 5.02 Å². The SMILES string of the molecule is CCNCc1ccc(Cl)cc1Oc1cc(F)cc(F)c1. The molecule has 0 spiro atoms. The van der Waals surface area contributed by atoms with E-state index in [4.69, 9.17) is 16.3 Å². The smallest absolute Gasteiger partial charge is 0.133 e. The molecule has 2 aromatic rings. The monoisotopic (exact) mass is 297 g/mol. The first kappa shape index (κ1) is 14.8. The molecule has 0 atom stereocenters. The van der Waals surface area contributed by atoms with Gasteiger partial charge in [0.05, 0.1) is 0 Å². The van der Waals surface area contributed by atoms with Crippen LogP contribution < -0.4 is 10.1 Å². The van der Waals surface area contributed by atoms with E-state index in [1.165, 1.54) is 0 Å². The first-order valence-electron chi connectivity index (χ1n) is 6.21. The highest BCUT2D eigenvalue weighted by Gasteiger charge is 2.08. The molecule has 0 fully saturated rings. The van der Waals surface area contributed by atoms with E-state index in [2.05, 4.69) is 5.32 Å². The number of halogens is 3. The summed E-state index contributed by atoms with van der Waals surface area (Å²) in [6.45, 7) is 3.37. The summed E-state index contributed by atoms with van der Waals surface area (Å²) in [5.74, 6) is -0.795. The highest BCUT2D eigenvalue weighted by Crippen LogP contribution is 2.29. The van der Waals surface area contributed by atoms with Crippen LogP contribution in [0.15, 0.2) is 36.4 Å². The van der Waals surface area contributed by atoms with E-state index in [9.17, 15) is 8.78 Å². The van der Waals surface area contributed by atoms with Gasteiger partial charge in [-0.25, -0.2) is 8.78 Å². The summed E-state index contributed by atoms with van der Waals surface area (Å²) in [4.78, 5) is 0. The Bertz CT molecular complexity index is 584. The van der Waals surface area contributed by atoms with Gasteiger partial charge in [-0.05, 0) is 18.7 Å².